The second kappa shape index (κ2) is 8.52. The van der Waals surface area contributed by atoms with E-state index in [1.807, 2.05) is 0 Å². The average Bonchev–Trinajstić information content (AvgIpc) is 3.19. The van der Waals surface area contributed by atoms with Crippen LogP contribution < -0.4 is 11.1 Å². The van der Waals surface area contributed by atoms with Crippen molar-refractivity contribution in [1.29, 1.82) is 0 Å². The van der Waals surface area contributed by atoms with Crippen LogP contribution in [0, 0.1) is 5.92 Å². The number of amidine groups is 1. The molecule has 1 fully saturated rings. The van der Waals surface area contributed by atoms with Crippen molar-refractivity contribution in [2.75, 3.05) is 20.7 Å². The highest BCUT2D eigenvalue weighted by atomic mass is 16.5. The highest BCUT2D eigenvalue weighted by Crippen LogP contribution is 2.31. The molecule has 0 spiro atoms. The predicted octanol–water partition coefficient (Wildman–Crippen LogP) is 0.925. The van der Waals surface area contributed by atoms with Crippen molar-refractivity contribution in [2.24, 2.45) is 16.6 Å². The lowest BCUT2D eigenvalue weighted by Crippen LogP contribution is -2.43. The maximum absolute atomic E-state index is 12.7. The van der Waals surface area contributed by atoms with E-state index in [-0.39, 0.29) is 17.6 Å². The zero-order valence-electron chi connectivity index (χ0n) is 14.3. The predicted molar refractivity (Wildman–Crippen MR) is 92.0 cm³/mol. The molecule has 7 nitrogen and oxygen atoms in total. The van der Waals surface area contributed by atoms with Crippen molar-refractivity contribution in [3.63, 3.8) is 0 Å². The van der Waals surface area contributed by atoms with E-state index in [1.54, 1.807) is 13.2 Å². The first-order valence-electron chi connectivity index (χ1n) is 8.32. The summed E-state index contributed by atoms with van der Waals surface area (Å²) in [4.78, 5) is 30.4. The van der Waals surface area contributed by atoms with Crippen LogP contribution in [0.4, 0.5) is 0 Å². The van der Waals surface area contributed by atoms with Crippen molar-refractivity contribution in [3.05, 3.63) is 24.1 Å². The molecular weight excluding hydrogens is 308 g/mol. The third-order valence-electron chi connectivity index (χ3n) is 4.51. The van der Waals surface area contributed by atoms with Crippen LogP contribution in [0.1, 0.15) is 32.1 Å². The lowest BCUT2D eigenvalue weighted by Gasteiger charge is -2.27. The van der Waals surface area contributed by atoms with Crippen LogP contribution >= 0.6 is 0 Å². The number of nitrogens with zero attached hydrogens (tertiary/aromatic N) is 2. The van der Waals surface area contributed by atoms with Gasteiger partial charge in [-0.2, -0.15) is 4.99 Å². The summed E-state index contributed by atoms with van der Waals surface area (Å²) in [6.45, 7) is 0.306. The van der Waals surface area contributed by atoms with Gasteiger partial charge in [-0.25, -0.2) is 0 Å². The fourth-order valence-electron chi connectivity index (χ4n) is 3.23. The number of nitrogens with one attached hydrogen (secondary N) is 1. The third-order valence-corrected chi connectivity index (χ3v) is 4.51. The summed E-state index contributed by atoms with van der Waals surface area (Å²) in [5, 5.41) is 2.79. The Kier molecular flexibility index (Phi) is 6.40. The van der Waals surface area contributed by atoms with Crippen LogP contribution in [0.5, 0.6) is 0 Å². The fourth-order valence-corrected chi connectivity index (χ4v) is 3.23. The molecule has 7 heteroatoms. The van der Waals surface area contributed by atoms with E-state index in [4.69, 9.17) is 10.5 Å². The Morgan fingerprint density at radius 3 is 2.83 bits per heavy atom. The third kappa shape index (κ3) is 4.59. The van der Waals surface area contributed by atoms with Gasteiger partial charge in [0.2, 0.25) is 0 Å². The van der Waals surface area contributed by atoms with Crippen LogP contribution in [-0.4, -0.2) is 49.3 Å². The van der Waals surface area contributed by atoms with E-state index in [9.17, 15) is 9.59 Å². The zero-order chi connectivity index (χ0) is 17.5. The molecule has 0 aromatic rings. The van der Waals surface area contributed by atoms with Crippen LogP contribution in [-0.2, 0) is 14.3 Å². The standard InChI is InChI=1S/C17H26N4O3/c1-19-8-7-15(18)20-17(23)14(9-12-5-3-4-6-12)21-11-13(24-2)10-16(21)22/h7-8,10,12,14,19H,3-6,9,11H2,1-2H3,(H2,18,20,23)/b8-7-/t14-/m0/s1. The van der Waals surface area contributed by atoms with E-state index >= 15 is 0 Å². The Morgan fingerprint density at radius 1 is 1.54 bits per heavy atom. The smallest absolute Gasteiger partial charge is 0.270 e. The van der Waals surface area contributed by atoms with Crippen molar-refractivity contribution < 1.29 is 14.3 Å². The molecular formula is C17H26N4O3. The summed E-state index contributed by atoms with van der Waals surface area (Å²) in [6.07, 6.45) is 9.73. The fraction of sp³-hybridized carbons (Fsp3) is 0.588. The molecule has 1 saturated carbocycles. The van der Waals surface area contributed by atoms with Gasteiger partial charge in [0, 0.05) is 13.1 Å². The molecule has 3 N–H and O–H groups in total. The molecule has 0 saturated heterocycles. The summed E-state index contributed by atoms with van der Waals surface area (Å²) in [7, 11) is 3.25. The van der Waals surface area contributed by atoms with Crippen LogP contribution in [0.3, 0.4) is 0 Å². The number of carbonyl (C=O) groups is 2. The number of hydrogen-bond donors (Lipinski definition) is 2. The molecule has 1 heterocycles. The van der Waals surface area contributed by atoms with Crippen molar-refractivity contribution in [1.82, 2.24) is 10.2 Å². The normalized spacial score (nSPS) is 20.6. The van der Waals surface area contributed by atoms with Gasteiger partial charge < -0.3 is 20.7 Å². The topological polar surface area (TPSA) is 97.0 Å². The van der Waals surface area contributed by atoms with Gasteiger partial charge in [-0.1, -0.05) is 25.7 Å². The van der Waals surface area contributed by atoms with E-state index in [0.29, 0.717) is 24.6 Å². The summed E-state index contributed by atoms with van der Waals surface area (Å²) >= 11 is 0. The number of amides is 2. The molecule has 1 aliphatic carbocycles. The van der Waals surface area contributed by atoms with Crippen molar-refractivity contribution in [2.45, 2.75) is 38.1 Å². The maximum Gasteiger partial charge on any atom is 0.270 e. The van der Waals surface area contributed by atoms with Gasteiger partial charge in [-0.15, -0.1) is 0 Å². The van der Waals surface area contributed by atoms with Crippen LogP contribution in [0.25, 0.3) is 0 Å². The van der Waals surface area contributed by atoms with E-state index < -0.39 is 6.04 Å². The monoisotopic (exact) mass is 334 g/mol. The van der Waals surface area contributed by atoms with Gasteiger partial charge >= 0.3 is 0 Å². The molecule has 132 valence electrons. The van der Waals surface area contributed by atoms with E-state index in [2.05, 4.69) is 10.3 Å². The molecule has 2 amide bonds. The second-order valence-electron chi connectivity index (χ2n) is 6.18. The minimum Gasteiger partial charge on any atom is -0.499 e. The maximum atomic E-state index is 12.7. The molecule has 0 aromatic heterocycles. The number of methoxy groups -OCH3 is 1. The molecule has 0 unspecified atom stereocenters. The highest BCUT2D eigenvalue weighted by Gasteiger charge is 2.36. The first kappa shape index (κ1) is 18.0. The minimum absolute atomic E-state index is 0.123. The SMILES string of the molecule is CN/C=C\C(N)=NC(=O)[C@H](CC1CCCC1)N1CC(OC)=CC1=O. The van der Waals surface area contributed by atoms with Gasteiger partial charge in [-0.3, -0.25) is 9.59 Å². The molecule has 0 radical (unpaired) electrons. The lowest BCUT2D eigenvalue weighted by molar-refractivity contribution is -0.134. The van der Waals surface area contributed by atoms with E-state index in [1.165, 1.54) is 37.0 Å². The number of aliphatic imine (C=N–C) groups is 1. The zero-order valence-corrected chi connectivity index (χ0v) is 14.3. The second-order valence-corrected chi connectivity index (χ2v) is 6.18. The molecule has 2 rings (SSSR count). The number of rotatable bonds is 7. The summed E-state index contributed by atoms with van der Waals surface area (Å²) in [6, 6.07) is -0.592. The Balaban J connectivity index is 2.14. The van der Waals surface area contributed by atoms with Gasteiger partial charge in [0.15, 0.2) is 0 Å². The first-order chi connectivity index (χ1) is 11.5. The Hall–Kier alpha value is -2.31. The van der Waals surface area contributed by atoms with Gasteiger partial charge in [0.1, 0.15) is 17.6 Å². The molecule has 24 heavy (non-hydrogen) atoms. The van der Waals surface area contributed by atoms with Crippen molar-refractivity contribution in [3.8, 4) is 0 Å². The van der Waals surface area contributed by atoms with Crippen LogP contribution in [0.2, 0.25) is 0 Å². The largest absolute Gasteiger partial charge is 0.499 e. The molecule has 1 aliphatic heterocycles. The van der Waals surface area contributed by atoms with Crippen LogP contribution in [0.15, 0.2) is 29.1 Å². The summed E-state index contributed by atoms with van der Waals surface area (Å²) in [5.74, 6) is 0.554. The highest BCUT2D eigenvalue weighted by molar-refractivity contribution is 6.03. The quantitative estimate of drug-likeness (QED) is 0.533. The van der Waals surface area contributed by atoms with Gasteiger partial charge in [0.25, 0.3) is 11.8 Å². The summed E-state index contributed by atoms with van der Waals surface area (Å²) < 4.78 is 5.15. The number of carbonyl (C=O) groups excluding carboxylic acids is 2. The lowest BCUT2D eigenvalue weighted by atomic mass is 9.97. The number of ether oxygens (including phenoxy) is 1. The number of hydrogen-bond acceptors (Lipinski definition) is 4. The van der Waals surface area contributed by atoms with E-state index in [0.717, 1.165) is 12.8 Å². The minimum atomic E-state index is -0.592. The average molecular weight is 334 g/mol. The first-order valence-corrected chi connectivity index (χ1v) is 8.32. The molecule has 0 aromatic carbocycles. The molecule has 1 atom stereocenters. The van der Waals surface area contributed by atoms with Crippen molar-refractivity contribution >= 4 is 17.6 Å². The molecule has 2 aliphatic rings. The van der Waals surface area contributed by atoms with Gasteiger partial charge in [-0.05, 0) is 24.6 Å². The Labute approximate surface area is 142 Å². The Morgan fingerprint density at radius 2 is 2.25 bits per heavy atom. The molecule has 0 bridgehead atoms. The Bertz CT molecular complexity index is 562. The van der Waals surface area contributed by atoms with Gasteiger partial charge in [0.05, 0.1) is 13.7 Å². The summed E-state index contributed by atoms with van der Waals surface area (Å²) in [5.41, 5.74) is 5.75. The number of nitrogens with two attached hydrogens (primary N) is 1.